The third-order valence-corrected chi connectivity index (χ3v) is 6.54. The monoisotopic (exact) mass is 438 g/mol. The summed E-state index contributed by atoms with van der Waals surface area (Å²) in [5.41, 5.74) is 1.51. The summed E-state index contributed by atoms with van der Waals surface area (Å²) in [7, 11) is -1.01. The average molecular weight is 439 g/mol. The Bertz CT molecular complexity index is 921. The molecule has 0 fully saturated rings. The van der Waals surface area contributed by atoms with Crippen molar-refractivity contribution >= 4 is 31.6 Å². The number of sulfonamides is 1. The number of anilines is 1. The van der Waals surface area contributed by atoms with Crippen molar-refractivity contribution in [3.05, 3.63) is 46.4 Å². The molecule has 0 N–H and O–H groups in total. The van der Waals surface area contributed by atoms with Gasteiger partial charge in [-0.15, -0.1) is 0 Å². The Labute approximate surface area is 162 Å². The van der Waals surface area contributed by atoms with Gasteiger partial charge in [-0.25, -0.2) is 8.42 Å². The number of halogens is 1. The molecule has 0 aliphatic heterocycles. The lowest BCUT2D eigenvalue weighted by molar-refractivity contribution is 0.353. The molecule has 0 spiro atoms. The maximum atomic E-state index is 13.3. The van der Waals surface area contributed by atoms with Gasteiger partial charge in [-0.05, 0) is 41.1 Å². The predicted octanol–water partition coefficient (Wildman–Crippen LogP) is 3.88. The summed E-state index contributed by atoms with van der Waals surface area (Å²) >= 11 is 3.30. The van der Waals surface area contributed by atoms with Crippen molar-refractivity contribution in [2.75, 3.05) is 25.1 Å². The number of aryl methyl sites for hydroxylation is 1. The largest absolute Gasteiger partial charge is 0.493 e. The summed E-state index contributed by atoms with van der Waals surface area (Å²) in [4.78, 5) is 0.0358. The van der Waals surface area contributed by atoms with Gasteiger partial charge in [0.1, 0.15) is 4.90 Å². The summed E-state index contributed by atoms with van der Waals surface area (Å²) in [6, 6.07) is 12.0. The second-order valence-corrected chi connectivity index (χ2v) is 8.14. The van der Waals surface area contributed by atoms with Crippen LogP contribution in [-0.4, -0.2) is 29.2 Å². The van der Waals surface area contributed by atoms with Crippen molar-refractivity contribution in [1.82, 2.24) is 0 Å². The van der Waals surface area contributed by atoms with Crippen molar-refractivity contribution < 1.29 is 17.9 Å². The third-order valence-electron chi connectivity index (χ3n) is 3.75. The Morgan fingerprint density at radius 2 is 1.69 bits per heavy atom. The number of hydrogen-bond acceptors (Lipinski definition) is 5. The molecule has 0 unspecified atom stereocenters. The third kappa shape index (κ3) is 4.11. The molecule has 2 aromatic rings. The van der Waals surface area contributed by atoms with Crippen LogP contribution in [0, 0.1) is 18.3 Å². The first-order chi connectivity index (χ1) is 12.3. The van der Waals surface area contributed by atoms with Gasteiger partial charge in [0.05, 0.1) is 32.4 Å². The molecular formula is C18H19BrN2O4S. The fraction of sp³-hybridized carbons (Fsp3) is 0.278. The van der Waals surface area contributed by atoms with E-state index in [0.29, 0.717) is 21.7 Å². The zero-order valence-corrected chi connectivity index (χ0v) is 17.1. The van der Waals surface area contributed by atoms with Gasteiger partial charge in [-0.2, -0.15) is 5.26 Å². The maximum absolute atomic E-state index is 13.3. The van der Waals surface area contributed by atoms with Gasteiger partial charge in [0.25, 0.3) is 10.0 Å². The molecule has 0 radical (unpaired) electrons. The minimum atomic E-state index is -3.93. The van der Waals surface area contributed by atoms with E-state index in [4.69, 9.17) is 14.7 Å². The Morgan fingerprint density at radius 1 is 1.12 bits per heavy atom. The van der Waals surface area contributed by atoms with Crippen molar-refractivity contribution in [3.63, 3.8) is 0 Å². The lowest BCUT2D eigenvalue weighted by atomic mass is 10.2. The van der Waals surface area contributed by atoms with Crippen molar-refractivity contribution in [2.45, 2.75) is 18.2 Å². The Hall–Kier alpha value is -2.24. The van der Waals surface area contributed by atoms with Crippen LogP contribution in [0.1, 0.15) is 12.0 Å². The van der Waals surface area contributed by atoms with Crippen LogP contribution in [0.2, 0.25) is 0 Å². The lowest BCUT2D eigenvalue weighted by Crippen LogP contribution is -2.32. The molecule has 2 rings (SSSR count). The zero-order valence-electron chi connectivity index (χ0n) is 14.7. The molecule has 26 heavy (non-hydrogen) atoms. The van der Waals surface area contributed by atoms with Crippen LogP contribution in [-0.2, 0) is 10.0 Å². The first-order valence-corrected chi connectivity index (χ1v) is 9.96. The summed E-state index contributed by atoms with van der Waals surface area (Å²) in [6.45, 7) is 1.96. The smallest absolute Gasteiger partial charge is 0.265 e. The minimum Gasteiger partial charge on any atom is -0.493 e. The fourth-order valence-corrected chi connectivity index (χ4v) is 4.87. The van der Waals surface area contributed by atoms with Crippen LogP contribution in [0.15, 0.2) is 45.8 Å². The van der Waals surface area contributed by atoms with E-state index in [1.165, 1.54) is 24.6 Å². The SMILES string of the molecule is COc1cc(Br)c(S(=O)(=O)N(CCC#N)c2ccc(C)cc2)cc1OC. The highest BCUT2D eigenvalue weighted by Gasteiger charge is 2.28. The number of hydrogen-bond donors (Lipinski definition) is 0. The van der Waals surface area contributed by atoms with E-state index in [0.717, 1.165) is 5.56 Å². The minimum absolute atomic E-state index is 0.0358. The van der Waals surface area contributed by atoms with Gasteiger partial charge in [0.15, 0.2) is 11.5 Å². The standard InChI is InChI=1S/C18H19BrN2O4S/c1-13-5-7-14(8-6-13)21(10-4-9-20)26(22,23)18-12-17(25-3)16(24-2)11-15(18)19/h5-8,11-12H,4,10H2,1-3H3. The number of nitriles is 1. The first kappa shape index (κ1) is 20.1. The van der Waals surface area contributed by atoms with Crippen molar-refractivity contribution in [1.29, 1.82) is 5.26 Å². The van der Waals surface area contributed by atoms with Crippen LogP contribution in [0.5, 0.6) is 11.5 Å². The van der Waals surface area contributed by atoms with Gasteiger partial charge in [-0.1, -0.05) is 17.7 Å². The second kappa shape index (κ2) is 8.43. The molecule has 0 atom stereocenters. The molecule has 0 saturated heterocycles. The second-order valence-electron chi connectivity index (χ2n) is 5.46. The van der Waals surface area contributed by atoms with Crippen LogP contribution in [0.25, 0.3) is 0 Å². The normalized spacial score (nSPS) is 10.9. The first-order valence-electron chi connectivity index (χ1n) is 7.73. The summed E-state index contributed by atoms with van der Waals surface area (Å²) in [5.74, 6) is 0.718. The molecule has 0 heterocycles. The summed E-state index contributed by atoms with van der Waals surface area (Å²) in [5, 5.41) is 8.93. The molecule has 0 saturated carbocycles. The van der Waals surface area contributed by atoms with E-state index >= 15 is 0 Å². The van der Waals surface area contributed by atoms with Gasteiger partial charge < -0.3 is 9.47 Å². The molecule has 0 amide bonds. The van der Waals surface area contributed by atoms with Crippen LogP contribution >= 0.6 is 15.9 Å². The molecule has 0 aliphatic rings. The number of benzene rings is 2. The molecule has 6 nitrogen and oxygen atoms in total. The van der Waals surface area contributed by atoms with E-state index in [-0.39, 0.29) is 17.9 Å². The molecule has 2 aromatic carbocycles. The zero-order chi connectivity index (χ0) is 19.3. The fourth-order valence-electron chi connectivity index (χ4n) is 2.40. The van der Waals surface area contributed by atoms with E-state index < -0.39 is 10.0 Å². The van der Waals surface area contributed by atoms with E-state index in [1.54, 1.807) is 18.2 Å². The molecule has 0 aromatic heterocycles. The van der Waals surface area contributed by atoms with E-state index in [9.17, 15) is 8.42 Å². The molecule has 8 heteroatoms. The Morgan fingerprint density at radius 3 is 2.23 bits per heavy atom. The average Bonchev–Trinajstić information content (AvgIpc) is 2.62. The van der Waals surface area contributed by atoms with Crippen LogP contribution < -0.4 is 13.8 Å². The summed E-state index contributed by atoms with van der Waals surface area (Å²) in [6.07, 6.45) is 0.0675. The highest BCUT2D eigenvalue weighted by atomic mass is 79.9. The molecule has 0 aliphatic carbocycles. The highest BCUT2D eigenvalue weighted by Crippen LogP contribution is 2.37. The Balaban J connectivity index is 2.60. The van der Waals surface area contributed by atoms with E-state index in [2.05, 4.69) is 15.9 Å². The quantitative estimate of drug-likeness (QED) is 0.654. The molecule has 0 bridgehead atoms. The molecule has 138 valence electrons. The van der Waals surface area contributed by atoms with Crippen LogP contribution in [0.4, 0.5) is 5.69 Å². The van der Waals surface area contributed by atoms with Gasteiger partial charge in [0.2, 0.25) is 0 Å². The maximum Gasteiger partial charge on any atom is 0.265 e. The van der Waals surface area contributed by atoms with Gasteiger partial charge in [-0.3, -0.25) is 4.31 Å². The van der Waals surface area contributed by atoms with Crippen molar-refractivity contribution in [2.24, 2.45) is 0 Å². The van der Waals surface area contributed by atoms with Crippen LogP contribution in [0.3, 0.4) is 0 Å². The predicted molar refractivity (Wildman–Crippen MR) is 103 cm³/mol. The number of nitrogens with zero attached hydrogens (tertiary/aromatic N) is 2. The van der Waals surface area contributed by atoms with Crippen molar-refractivity contribution in [3.8, 4) is 17.6 Å². The van der Waals surface area contributed by atoms with Gasteiger partial charge >= 0.3 is 0 Å². The number of rotatable bonds is 7. The summed E-state index contributed by atoms with van der Waals surface area (Å²) < 4.78 is 38.6. The number of ether oxygens (including phenoxy) is 2. The highest BCUT2D eigenvalue weighted by molar-refractivity contribution is 9.10. The number of methoxy groups -OCH3 is 2. The topological polar surface area (TPSA) is 79.6 Å². The Kier molecular flexibility index (Phi) is 6.51. The lowest BCUT2D eigenvalue weighted by Gasteiger charge is -2.25. The van der Waals surface area contributed by atoms with Gasteiger partial charge in [0, 0.05) is 17.1 Å². The van der Waals surface area contributed by atoms with E-state index in [1.807, 2.05) is 25.1 Å². The molecular weight excluding hydrogens is 420 g/mol.